The monoisotopic (exact) mass is 508 g/mol. The van der Waals surface area contributed by atoms with Crippen LogP contribution in [0.1, 0.15) is 65.7 Å². The number of likely N-dealkylation sites (tertiary alicyclic amines) is 2. The second kappa shape index (κ2) is 14.4. The van der Waals surface area contributed by atoms with Crippen molar-refractivity contribution < 1.29 is 9.53 Å². The second-order valence-corrected chi connectivity index (χ2v) is 7.86. The third kappa shape index (κ3) is 8.43. The van der Waals surface area contributed by atoms with Crippen LogP contribution in [0, 0.1) is 5.92 Å². The first-order valence-corrected chi connectivity index (χ1v) is 11.1. The van der Waals surface area contributed by atoms with Gasteiger partial charge >= 0.3 is 5.97 Å². The summed E-state index contributed by atoms with van der Waals surface area (Å²) in [5.41, 5.74) is 0. The zero-order chi connectivity index (χ0) is 19.5. The Bertz CT molecular complexity index is 475. The van der Waals surface area contributed by atoms with Crippen molar-refractivity contribution in [3.05, 3.63) is 0 Å². The molecule has 0 amide bonds. The molecule has 7 heteroatoms. The van der Waals surface area contributed by atoms with E-state index in [1.165, 1.54) is 38.8 Å². The first-order chi connectivity index (χ1) is 13.2. The maximum Gasteiger partial charge on any atom is 0.310 e. The summed E-state index contributed by atoms with van der Waals surface area (Å²) in [6.45, 7) is 12.6. The molecule has 0 saturated carbocycles. The number of carbonyl (C=O) groups is 1. The standard InChI is InChI=1S/C21H40N4O2.HI/c1-4-22-21(25-16-10-12-19(17-25)20(26)27-5-2)23-13-7-9-15-24-14-8-6-11-18(24)3;/h18-19H,4-17H2,1-3H3,(H,22,23);1H. The molecule has 0 aliphatic carbocycles. The van der Waals surface area contributed by atoms with E-state index in [1.54, 1.807) is 0 Å². The quantitative estimate of drug-likeness (QED) is 0.179. The molecule has 0 aromatic rings. The largest absolute Gasteiger partial charge is 0.466 e. The number of hydrogen-bond donors (Lipinski definition) is 1. The fourth-order valence-corrected chi connectivity index (χ4v) is 4.15. The number of nitrogens with one attached hydrogen (secondary N) is 1. The van der Waals surface area contributed by atoms with E-state index in [9.17, 15) is 4.79 Å². The normalized spacial score (nSPS) is 23.8. The lowest BCUT2D eigenvalue weighted by Crippen LogP contribution is -2.48. The minimum absolute atomic E-state index is 0. The molecule has 2 fully saturated rings. The predicted octanol–water partition coefficient (Wildman–Crippen LogP) is 3.50. The Balaban J connectivity index is 0.00000392. The van der Waals surface area contributed by atoms with Gasteiger partial charge in [0.25, 0.3) is 0 Å². The number of halogens is 1. The third-order valence-electron chi connectivity index (χ3n) is 5.73. The number of unbranched alkanes of at least 4 members (excludes halogenated alkanes) is 1. The van der Waals surface area contributed by atoms with Crippen molar-refractivity contribution in [3.8, 4) is 0 Å². The summed E-state index contributed by atoms with van der Waals surface area (Å²) >= 11 is 0. The van der Waals surface area contributed by atoms with E-state index >= 15 is 0 Å². The third-order valence-corrected chi connectivity index (χ3v) is 5.73. The summed E-state index contributed by atoms with van der Waals surface area (Å²) < 4.78 is 5.22. The van der Waals surface area contributed by atoms with Crippen LogP contribution in [0.4, 0.5) is 0 Å². The Morgan fingerprint density at radius 3 is 2.68 bits per heavy atom. The number of piperidine rings is 2. The van der Waals surface area contributed by atoms with Crippen LogP contribution in [0.5, 0.6) is 0 Å². The maximum atomic E-state index is 12.1. The zero-order valence-electron chi connectivity index (χ0n) is 18.1. The molecule has 2 saturated heterocycles. The highest BCUT2D eigenvalue weighted by atomic mass is 127. The maximum absolute atomic E-state index is 12.1. The SMILES string of the molecule is CCNC(=NCCCCN1CCCCC1C)N1CCCC(C(=O)OCC)C1.I. The molecule has 0 radical (unpaired) electrons. The topological polar surface area (TPSA) is 57.2 Å². The fourth-order valence-electron chi connectivity index (χ4n) is 4.15. The van der Waals surface area contributed by atoms with Crippen LogP contribution in [0.25, 0.3) is 0 Å². The van der Waals surface area contributed by atoms with E-state index in [1.807, 2.05) is 6.92 Å². The molecule has 6 nitrogen and oxygen atoms in total. The van der Waals surface area contributed by atoms with E-state index in [0.717, 1.165) is 57.4 Å². The van der Waals surface area contributed by atoms with Crippen molar-refractivity contribution in [2.75, 3.05) is 45.9 Å². The lowest BCUT2D eigenvalue weighted by atomic mass is 9.98. The van der Waals surface area contributed by atoms with Gasteiger partial charge in [0.1, 0.15) is 0 Å². The van der Waals surface area contributed by atoms with Gasteiger partial charge in [-0.1, -0.05) is 6.42 Å². The molecule has 0 aromatic heterocycles. The van der Waals surface area contributed by atoms with Gasteiger partial charge < -0.3 is 19.9 Å². The lowest BCUT2D eigenvalue weighted by Gasteiger charge is -2.34. The van der Waals surface area contributed by atoms with Crippen molar-refractivity contribution in [3.63, 3.8) is 0 Å². The molecule has 2 rings (SSSR count). The molecule has 0 spiro atoms. The van der Waals surface area contributed by atoms with Gasteiger partial charge in [0.05, 0.1) is 12.5 Å². The molecule has 0 bridgehead atoms. The highest BCUT2D eigenvalue weighted by molar-refractivity contribution is 14.0. The van der Waals surface area contributed by atoms with Gasteiger partial charge in [0.15, 0.2) is 5.96 Å². The minimum atomic E-state index is -0.0614. The van der Waals surface area contributed by atoms with Gasteiger partial charge in [-0.3, -0.25) is 9.79 Å². The summed E-state index contributed by atoms with van der Waals surface area (Å²) in [6, 6.07) is 0.743. The Hall–Kier alpha value is -0.570. The smallest absolute Gasteiger partial charge is 0.310 e. The summed E-state index contributed by atoms with van der Waals surface area (Å²) in [6.07, 6.45) is 8.34. The number of esters is 1. The lowest BCUT2D eigenvalue weighted by molar-refractivity contribution is -0.149. The van der Waals surface area contributed by atoms with Crippen LogP contribution >= 0.6 is 24.0 Å². The molecule has 2 aliphatic rings. The van der Waals surface area contributed by atoms with E-state index in [4.69, 9.17) is 9.73 Å². The number of carbonyl (C=O) groups excluding carboxylic acids is 1. The highest BCUT2D eigenvalue weighted by Crippen LogP contribution is 2.19. The summed E-state index contributed by atoms with van der Waals surface area (Å²) in [5.74, 6) is 0.870. The number of ether oxygens (including phenoxy) is 1. The molecule has 1 N–H and O–H groups in total. The Labute approximate surface area is 188 Å². The van der Waals surface area contributed by atoms with Crippen LogP contribution in [0.2, 0.25) is 0 Å². The Morgan fingerprint density at radius 1 is 1.14 bits per heavy atom. The molecule has 0 aromatic carbocycles. The number of rotatable bonds is 8. The summed E-state index contributed by atoms with van der Waals surface area (Å²) in [5, 5.41) is 3.40. The summed E-state index contributed by atoms with van der Waals surface area (Å²) in [4.78, 5) is 21.8. The van der Waals surface area contributed by atoms with Crippen molar-refractivity contribution in [2.45, 2.75) is 71.8 Å². The molecule has 2 unspecified atom stereocenters. The van der Waals surface area contributed by atoms with Gasteiger partial charge in [-0.25, -0.2) is 0 Å². The van der Waals surface area contributed by atoms with Crippen molar-refractivity contribution in [2.24, 2.45) is 10.9 Å². The molecule has 2 heterocycles. The van der Waals surface area contributed by atoms with Crippen LogP contribution in [-0.4, -0.2) is 73.6 Å². The van der Waals surface area contributed by atoms with E-state index in [2.05, 4.69) is 29.0 Å². The van der Waals surface area contributed by atoms with Crippen molar-refractivity contribution in [1.29, 1.82) is 0 Å². The van der Waals surface area contributed by atoms with Crippen LogP contribution < -0.4 is 5.32 Å². The van der Waals surface area contributed by atoms with Crippen LogP contribution in [0.15, 0.2) is 4.99 Å². The van der Waals surface area contributed by atoms with Gasteiger partial charge in [-0.05, 0) is 72.4 Å². The molecule has 164 valence electrons. The average molecular weight is 508 g/mol. The highest BCUT2D eigenvalue weighted by Gasteiger charge is 2.28. The van der Waals surface area contributed by atoms with Gasteiger partial charge in [-0.2, -0.15) is 0 Å². The molecular formula is C21H41IN4O2. The number of aliphatic imine (C=N–C) groups is 1. The van der Waals surface area contributed by atoms with E-state index in [0.29, 0.717) is 6.61 Å². The van der Waals surface area contributed by atoms with Gasteiger partial charge in [-0.15, -0.1) is 24.0 Å². The van der Waals surface area contributed by atoms with E-state index in [-0.39, 0.29) is 35.9 Å². The molecule has 2 atom stereocenters. The number of guanidine groups is 1. The molecular weight excluding hydrogens is 467 g/mol. The van der Waals surface area contributed by atoms with Crippen LogP contribution in [0.3, 0.4) is 0 Å². The Morgan fingerprint density at radius 2 is 1.96 bits per heavy atom. The average Bonchev–Trinajstić information content (AvgIpc) is 2.68. The van der Waals surface area contributed by atoms with Gasteiger partial charge in [0, 0.05) is 32.2 Å². The molecule has 28 heavy (non-hydrogen) atoms. The minimum Gasteiger partial charge on any atom is -0.466 e. The first kappa shape index (κ1) is 25.5. The van der Waals surface area contributed by atoms with Crippen molar-refractivity contribution >= 4 is 35.9 Å². The number of nitrogens with zero attached hydrogens (tertiary/aromatic N) is 3. The molecule has 2 aliphatic heterocycles. The number of hydrogen-bond acceptors (Lipinski definition) is 4. The summed E-state index contributed by atoms with van der Waals surface area (Å²) in [7, 11) is 0. The second-order valence-electron chi connectivity index (χ2n) is 7.86. The van der Waals surface area contributed by atoms with Crippen LogP contribution in [-0.2, 0) is 9.53 Å². The zero-order valence-corrected chi connectivity index (χ0v) is 20.5. The van der Waals surface area contributed by atoms with Gasteiger partial charge in [0.2, 0.25) is 0 Å². The van der Waals surface area contributed by atoms with Crippen molar-refractivity contribution in [1.82, 2.24) is 15.1 Å². The van der Waals surface area contributed by atoms with E-state index < -0.39 is 0 Å². The predicted molar refractivity (Wildman–Crippen MR) is 126 cm³/mol. The first-order valence-electron chi connectivity index (χ1n) is 11.1. The fraction of sp³-hybridized carbons (Fsp3) is 0.905. The Kier molecular flexibility index (Phi) is 13.1.